The van der Waals surface area contributed by atoms with Crippen LogP contribution in [-0.2, 0) is 35.4 Å². The number of fused-ring (bicyclic) bond motifs is 1. The number of nitrogens with zero attached hydrogens (tertiary/aromatic N) is 1. The van der Waals surface area contributed by atoms with E-state index in [0.717, 1.165) is 10.5 Å². The number of rotatable bonds is 5. The van der Waals surface area contributed by atoms with Crippen molar-refractivity contribution in [1.29, 1.82) is 0 Å². The highest BCUT2D eigenvalue weighted by atomic mass is 35.5. The van der Waals surface area contributed by atoms with Gasteiger partial charge >= 0.3 is 5.97 Å². The van der Waals surface area contributed by atoms with E-state index in [1.165, 1.54) is 6.92 Å². The summed E-state index contributed by atoms with van der Waals surface area (Å²) < 4.78 is 29.7. The molecule has 0 spiro atoms. The number of benzene rings is 1. The maximum absolute atomic E-state index is 12.8. The van der Waals surface area contributed by atoms with Gasteiger partial charge in [0.2, 0.25) is 5.91 Å². The van der Waals surface area contributed by atoms with Crippen molar-refractivity contribution in [3.05, 3.63) is 47.2 Å². The zero-order valence-corrected chi connectivity index (χ0v) is 15.4. The number of hydrogen-bond acceptors (Lipinski definition) is 6. The van der Waals surface area contributed by atoms with Crippen molar-refractivity contribution >= 4 is 39.1 Å². The molecule has 26 heavy (non-hydrogen) atoms. The fourth-order valence-corrected chi connectivity index (χ4v) is 5.65. The molecule has 1 unspecified atom stereocenters. The molecule has 2 heterocycles. The lowest BCUT2D eigenvalue weighted by atomic mass is 10.00. The lowest BCUT2D eigenvalue weighted by molar-refractivity contribution is -0.141. The average molecular weight is 398 g/mol. The Labute approximate surface area is 155 Å². The van der Waals surface area contributed by atoms with Crippen molar-refractivity contribution in [2.45, 2.75) is 24.1 Å². The van der Waals surface area contributed by atoms with E-state index in [4.69, 9.17) is 16.3 Å². The van der Waals surface area contributed by atoms with Crippen LogP contribution in [0, 0.1) is 0 Å². The Balaban J connectivity index is 2.00. The second kappa shape index (κ2) is 6.85. The van der Waals surface area contributed by atoms with Crippen LogP contribution in [0.15, 0.2) is 41.6 Å². The Bertz CT molecular complexity index is 908. The highest BCUT2D eigenvalue weighted by molar-refractivity contribution is 7.92. The first-order valence-corrected chi connectivity index (χ1v) is 9.99. The first-order chi connectivity index (χ1) is 12.2. The predicted molar refractivity (Wildman–Crippen MR) is 92.9 cm³/mol. The molecule has 0 aliphatic carbocycles. The molecule has 0 saturated carbocycles. The molecule has 138 valence electrons. The van der Waals surface area contributed by atoms with Crippen LogP contribution in [0.2, 0.25) is 0 Å². The first kappa shape index (κ1) is 18.6. The molecule has 2 aliphatic rings. The highest BCUT2D eigenvalue weighted by Crippen LogP contribution is 2.39. The summed E-state index contributed by atoms with van der Waals surface area (Å²) >= 11 is 5.87. The molecular formula is C17H16ClNO6S. The van der Waals surface area contributed by atoms with E-state index in [2.05, 4.69) is 0 Å². The van der Waals surface area contributed by atoms with E-state index >= 15 is 0 Å². The summed E-state index contributed by atoms with van der Waals surface area (Å²) in [6.45, 7) is 0.809. The molecule has 1 aromatic rings. The van der Waals surface area contributed by atoms with Crippen molar-refractivity contribution in [3.63, 3.8) is 0 Å². The number of carbonyl (C=O) groups is 3. The van der Waals surface area contributed by atoms with Crippen molar-refractivity contribution < 1.29 is 27.5 Å². The van der Waals surface area contributed by atoms with Crippen LogP contribution >= 0.6 is 11.6 Å². The maximum Gasteiger partial charge on any atom is 0.302 e. The molecule has 0 N–H and O–H groups in total. The average Bonchev–Trinajstić information content (AvgIpc) is 2.58. The zero-order chi connectivity index (χ0) is 19.1. The number of sulfone groups is 1. The quantitative estimate of drug-likeness (QED) is 0.414. The third kappa shape index (κ3) is 3.26. The summed E-state index contributed by atoms with van der Waals surface area (Å²) in [5, 5.41) is -2.47. The topological polar surface area (TPSA) is 97.8 Å². The third-order valence-corrected chi connectivity index (χ3v) is 6.76. The second-order valence-corrected chi connectivity index (χ2v) is 8.69. The Morgan fingerprint density at radius 1 is 1.27 bits per heavy atom. The fourth-order valence-electron chi connectivity index (χ4n) is 3.07. The number of allylic oxidation sites excluding steroid dienone is 1. The Kier molecular flexibility index (Phi) is 4.90. The van der Waals surface area contributed by atoms with Gasteiger partial charge in [0.05, 0.1) is 11.4 Å². The van der Waals surface area contributed by atoms with Crippen LogP contribution in [-0.4, -0.2) is 54.1 Å². The zero-order valence-electron chi connectivity index (χ0n) is 13.8. The van der Waals surface area contributed by atoms with E-state index in [-0.39, 0.29) is 24.3 Å². The van der Waals surface area contributed by atoms with E-state index in [9.17, 15) is 22.8 Å². The van der Waals surface area contributed by atoms with Crippen molar-refractivity contribution in [3.8, 4) is 0 Å². The van der Waals surface area contributed by atoms with Gasteiger partial charge in [-0.1, -0.05) is 30.3 Å². The number of amides is 1. The van der Waals surface area contributed by atoms with Gasteiger partial charge in [0, 0.05) is 18.9 Å². The van der Waals surface area contributed by atoms with Crippen LogP contribution in [0.25, 0.3) is 0 Å². The lowest BCUT2D eigenvalue weighted by Crippen LogP contribution is -2.68. The molecule has 0 aromatic heterocycles. The SMILES string of the molecule is CC(=O)OCC1=C(C(=O)Cc2ccccc2)N2C(=O)[C@H](Cl)C2S(=O)(=O)C1. The summed E-state index contributed by atoms with van der Waals surface area (Å²) in [6, 6.07) is 8.86. The van der Waals surface area contributed by atoms with Gasteiger partial charge < -0.3 is 4.74 Å². The minimum absolute atomic E-state index is 0.0107. The Morgan fingerprint density at radius 3 is 2.54 bits per heavy atom. The summed E-state index contributed by atoms with van der Waals surface area (Å²) in [6.07, 6.45) is -0.0107. The van der Waals surface area contributed by atoms with Crippen molar-refractivity contribution in [2.24, 2.45) is 0 Å². The highest BCUT2D eigenvalue weighted by Gasteiger charge is 2.59. The molecule has 1 amide bonds. The molecular weight excluding hydrogens is 382 g/mol. The van der Waals surface area contributed by atoms with Crippen LogP contribution in [0.3, 0.4) is 0 Å². The molecule has 2 atom stereocenters. The molecule has 2 aliphatic heterocycles. The minimum Gasteiger partial charge on any atom is -0.461 e. The number of Topliss-reactive ketones (excluding diaryl/α,β-unsaturated/α-hetero) is 1. The summed E-state index contributed by atoms with van der Waals surface area (Å²) in [4.78, 5) is 37.1. The van der Waals surface area contributed by atoms with E-state index < -0.39 is 44.0 Å². The number of esters is 1. The van der Waals surface area contributed by atoms with Crippen LogP contribution in [0.5, 0.6) is 0 Å². The Hall–Kier alpha value is -2.19. The van der Waals surface area contributed by atoms with Crippen molar-refractivity contribution in [1.82, 2.24) is 4.90 Å². The summed E-state index contributed by atoms with van der Waals surface area (Å²) in [5.41, 5.74) is 0.781. The molecule has 3 rings (SSSR count). The van der Waals surface area contributed by atoms with Crippen LogP contribution in [0.1, 0.15) is 12.5 Å². The summed E-state index contributed by atoms with van der Waals surface area (Å²) in [5.74, 6) is -2.16. The van der Waals surface area contributed by atoms with Gasteiger partial charge in [-0.3, -0.25) is 19.3 Å². The van der Waals surface area contributed by atoms with Crippen molar-refractivity contribution in [2.75, 3.05) is 12.4 Å². The number of halogens is 1. The molecule has 0 radical (unpaired) electrons. The van der Waals surface area contributed by atoms with Crippen LogP contribution in [0.4, 0.5) is 0 Å². The molecule has 7 nitrogen and oxygen atoms in total. The summed E-state index contributed by atoms with van der Waals surface area (Å²) in [7, 11) is -3.77. The minimum atomic E-state index is -3.77. The monoisotopic (exact) mass is 397 g/mol. The molecule has 9 heteroatoms. The van der Waals surface area contributed by atoms with E-state index in [1.54, 1.807) is 30.3 Å². The number of hydrogen-bond donors (Lipinski definition) is 0. The number of β-lactam (4-membered cyclic amide) rings is 1. The van der Waals surface area contributed by atoms with Gasteiger partial charge in [-0.15, -0.1) is 11.6 Å². The van der Waals surface area contributed by atoms with E-state index in [1.807, 2.05) is 0 Å². The first-order valence-electron chi connectivity index (χ1n) is 7.83. The maximum atomic E-state index is 12.8. The number of carbonyl (C=O) groups excluding carboxylic acids is 3. The molecule has 1 fully saturated rings. The van der Waals surface area contributed by atoms with Gasteiger partial charge in [-0.05, 0) is 5.56 Å². The largest absolute Gasteiger partial charge is 0.461 e. The lowest BCUT2D eigenvalue weighted by Gasteiger charge is -2.47. The Morgan fingerprint density at radius 2 is 1.92 bits per heavy atom. The normalized spacial score (nSPS) is 23.9. The molecule has 0 bridgehead atoms. The standard InChI is InChI=1S/C17H16ClNO6S/c1-10(20)25-8-12-9-26(23,24)17-14(18)16(22)19(17)15(12)13(21)7-11-5-3-2-4-6-11/h2-6,14,17H,7-9H2,1H3/t14-,17?/m0/s1. The number of alkyl halides is 1. The van der Waals surface area contributed by atoms with Gasteiger partial charge in [0.25, 0.3) is 0 Å². The predicted octanol–water partition coefficient (Wildman–Crippen LogP) is 0.819. The number of ketones is 1. The second-order valence-electron chi connectivity index (χ2n) is 6.13. The van der Waals surface area contributed by atoms with Gasteiger partial charge in [-0.25, -0.2) is 8.42 Å². The third-order valence-electron chi connectivity index (χ3n) is 4.22. The van der Waals surface area contributed by atoms with Gasteiger partial charge in [0.15, 0.2) is 21.0 Å². The molecule has 1 aromatic carbocycles. The smallest absolute Gasteiger partial charge is 0.302 e. The molecule has 1 saturated heterocycles. The fraction of sp³-hybridized carbons (Fsp3) is 0.353. The number of ether oxygens (including phenoxy) is 1. The van der Waals surface area contributed by atoms with Crippen LogP contribution < -0.4 is 0 Å². The van der Waals surface area contributed by atoms with E-state index in [0.29, 0.717) is 0 Å². The van der Waals surface area contributed by atoms with Gasteiger partial charge in [0.1, 0.15) is 12.0 Å². The van der Waals surface area contributed by atoms with Gasteiger partial charge in [-0.2, -0.15) is 0 Å².